The van der Waals surface area contributed by atoms with Crippen molar-refractivity contribution in [3.05, 3.63) is 0 Å². The molecular formula is C14H20O3. The maximum absolute atomic E-state index is 6.05. The minimum atomic E-state index is -0.180. The topological polar surface area (TPSA) is 37.6 Å². The van der Waals surface area contributed by atoms with Crippen LogP contribution in [-0.4, -0.2) is 23.3 Å². The van der Waals surface area contributed by atoms with E-state index in [9.17, 15) is 0 Å². The maximum atomic E-state index is 6.05. The molecule has 94 valence electrons. The van der Waals surface area contributed by atoms with Gasteiger partial charge in [-0.25, -0.2) is 0 Å². The SMILES string of the molecule is CC1(CC23CCCCC2O3)CCCC23OC12O3. The van der Waals surface area contributed by atoms with Gasteiger partial charge in [0.1, 0.15) is 0 Å². The van der Waals surface area contributed by atoms with Gasteiger partial charge in [0, 0.05) is 11.8 Å². The van der Waals surface area contributed by atoms with Crippen molar-refractivity contribution in [1.82, 2.24) is 0 Å². The highest BCUT2D eigenvalue weighted by molar-refractivity contribution is 5.28. The highest BCUT2D eigenvalue weighted by Crippen LogP contribution is 2.82. The summed E-state index contributed by atoms with van der Waals surface area (Å²) >= 11 is 0. The van der Waals surface area contributed by atoms with Gasteiger partial charge in [-0.1, -0.05) is 19.8 Å². The molecule has 0 N–H and O–H groups in total. The summed E-state index contributed by atoms with van der Waals surface area (Å²) in [6.45, 7) is 2.36. The minimum absolute atomic E-state index is 0.129. The average molecular weight is 236 g/mol. The highest BCUT2D eigenvalue weighted by Gasteiger charge is 2.97. The van der Waals surface area contributed by atoms with Gasteiger partial charge in [0.15, 0.2) is 0 Å². The maximum Gasteiger partial charge on any atom is 0.234 e. The molecule has 2 aliphatic carbocycles. The molecule has 3 unspecified atom stereocenters. The lowest BCUT2D eigenvalue weighted by molar-refractivity contribution is -0.137. The van der Waals surface area contributed by atoms with E-state index in [2.05, 4.69) is 6.92 Å². The molecule has 3 heteroatoms. The lowest BCUT2D eigenvalue weighted by Crippen LogP contribution is -2.38. The molecule has 0 bridgehead atoms. The average Bonchev–Trinajstić information content (AvgIpc) is 3.10. The van der Waals surface area contributed by atoms with Crippen LogP contribution in [0.15, 0.2) is 0 Å². The predicted molar refractivity (Wildman–Crippen MR) is 60.3 cm³/mol. The van der Waals surface area contributed by atoms with Crippen molar-refractivity contribution < 1.29 is 14.2 Å². The molecule has 3 aliphatic heterocycles. The summed E-state index contributed by atoms with van der Waals surface area (Å²) in [5, 5.41) is 0. The smallest absolute Gasteiger partial charge is 0.234 e. The fourth-order valence-corrected chi connectivity index (χ4v) is 4.92. The van der Waals surface area contributed by atoms with Gasteiger partial charge in [0.2, 0.25) is 11.6 Å². The third-order valence-electron chi connectivity index (χ3n) is 5.98. The van der Waals surface area contributed by atoms with E-state index in [-0.39, 0.29) is 22.6 Å². The Balaban J connectivity index is 1.42. The van der Waals surface area contributed by atoms with Gasteiger partial charge in [0.05, 0.1) is 11.7 Å². The normalized spacial score (nSPS) is 66.5. The molecule has 5 aliphatic rings. The molecule has 3 saturated heterocycles. The quantitative estimate of drug-likeness (QED) is 0.692. The molecule has 3 nitrogen and oxygen atoms in total. The van der Waals surface area contributed by atoms with E-state index in [1.807, 2.05) is 0 Å². The second-order valence-electron chi connectivity index (χ2n) is 7.08. The van der Waals surface area contributed by atoms with Crippen molar-refractivity contribution in [2.75, 3.05) is 0 Å². The molecule has 5 fully saturated rings. The number of hydrogen-bond acceptors (Lipinski definition) is 3. The van der Waals surface area contributed by atoms with E-state index in [0.29, 0.717) is 6.10 Å². The third-order valence-corrected chi connectivity index (χ3v) is 5.98. The fourth-order valence-electron chi connectivity index (χ4n) is 4.92. The van der Waals surface area contributed by atoms with E-state index < -0.39 is 0 Å². The molecule has 17 heavy (non-hydrogen) atoms. The van der Waals surface area contributed by atoms with Gasteiger partial charge >= 0.3 is 0 Å². The zero-order valence-corrected chi connectivity index (χ0v) is 10.5. The Morgan fingerprint density at radius 3 is 2.76 bits per heavy atom. The van der Waals surface area contributed by atoms with Crippen LogP contribution < -0.4 is 0 Å². The first-order valence-electron chi connectivity index (χ1n) is 7.22. The van der Waals surface area contributed by atoms with Crippen molar-refractivity contribution in [2.45, 2.75) is 81.6 Å². The molecular weight excluding hydrogens is 216 g/mol. The monoisotopic (exact) mass is 236 g/mol. The minimum Gasteiger partial charge on any atom is -0.366 e. The van der Waals surface area contributed by atoms with E-state index in [0.717, 1.165) is 12.8 Å². The van der Waals surface area contributed by atoms with Gasteiger partial charge in [0.25, 0.3) is 0 Å². The lowest BCUT2D eigenvalue weighted by atomic mass is 9.67. The van der Waals surface area contributed by atoms with Crippen LogP contribution in [0.25, 0.3) is 0 Å². The number of ether oxygens (including phenoxy) is 3. The van der Waals surface area contributed by atoms with E-state index in [1.54, 1.807) is 0 Å². The summed E-state index contributed by atoms with van der Waals surface area (Å²) in [5.41, 5.74) is 0.417. The number of rotatable bonds is 2. The summed E-state index contributed by atoms with van der Waals surface area (Å²) < 4.78 is 17.8. The summed E-state index contributed by atoms with van der Waals surface area (Å²) in [7, 11) is 0. The number of fused-ring (bicyclic) bond motifs is 1. The molecule has 0 aromatic heterocycles. The van der Waals surface area contributed by atoms with Crippen molar-refractivity contribution in [3.63, 3.8) is 0 Å². The van der Waals surface area contributed by atoms with Gasteiger partial charge in [-0.3, -0.25) is 0 Å². The predicted octanol–water partition coefficient (Wildman–Crippen LogP) is 2.73. The molecule has 0 aromatic carbocycles. The first-order valence-corrected chi connectivity index (χ1v) is 7.22. The summed E-state index contributed by atoms with van der Waals surface area (Å²) in [4.78, 5) is 0. The van der Waals surface area contributed by atoms with Crippen molar-refractivity contribution in [1.29, 1.82) is 0 Å². The van der Waals surface area contributed by atoms with Crippen LogP contribution in [0.2, 0.25) is 0 Å². The summed E-state index contributed by atoms with van der Waals surface area (Å²) in [6.07, 6.45) is 10.5. The van der Waals surface area contributed by atoms with E-state index in [1.165, 1.54) is 38.5 Å². The Bertz CT molecular complexity index is 400. The largest absolute Gasteiger partial charge is 0.366 e. The van der Waals surface area contributed by atoms with Crippen LogP contribution >= 0.6 is 0 Å². The third kappa shape index (κ3) is 0.946. The zero-order chi connectivity index (χ0) is 11.4. The lowest BCUT2D eigenvalue weighted by Gasteiger charge is -2.33. The standard InChI is InChI=1S/C14H20O3/c1-11(6-4-8-13-14(11,16-13)17-13)9-12-7-3-2-5-10(12)15-12/h10H,2-9H2,1H3. The summed E-state index contributed by atoms with van der Waals surface area (Å²) in [6, 6.07) is 0. The van der Waals surface area contributed by atoms with Crippen LogP contribution in [0.1, 0.15) is 58.3 Å². The second kappa shape index (κ2) is 2.45. The van der Waals surface area contributed by atoms with E-state index in [4.69, 9.17) is 14.2 Å². The molecule has 0 spiro atoms. The van der Waals surface area contributed by atoms with Gasteiger partial charge in [-0.15, -0.1) is 0 Å². The molecule has 0 amide bonds. The van der Waals surface area contributed by atoms with E-state index >= 15 is 0 Å². The number of hydrogen-bond donors (Lipinski definition) is 0. The Morgan fingerprint density at radius 2 is 1.94 bits per heavy atom. The molecule has 3 heterocycles. The van der Waals surface area contributed by atoms with Gasteiger partial charge in [-0.2, -0.15) is 0 Å². The Morgan fingerprint density at radius 1 is 1.06 bits per heavy atom. The zero-order valence-electron chi connectivity index (χ0n) is 10.5. The highest BCUT2D eigenvalue weighted by atomic mass is 17.0. The Labute approximate surface area is 102 Å². The van der Waals surface area contributed by atoms with Crippen LogP contribution in [0.4, 0.5) is 0 Å². The van der Waals surface area contributed by atoms with Crippen LogP contribution in [0.3, 0.4) is 0 Å². The van der Waals surface area contributed by atoms with Crippen LogP contribution in [-0.2, 0) is 14.2 Å². The molecule has 3 atom stereocenters. The fraction of sp³-hybridized carbons (Fsp3) is 1.00. The Hall–Kier alpha value is -0.120. The van der Waals surface area contributed by atoms with Gasteiger partial charge in [-0.05, 0) is 32.1 Å². The molecule has 0 aromatic rings. The molecule has 0 radical (unpaired) electrons. The van der Waals surface area contributed by atoms with Crippen molar-refractivity contribution in [3.8, 4) is 0 Å². The van der Waals surface area contributed by atoms with Gasteiger partial charge < -0.3 is 14.2 Å². The van der Waals surface area contributed by atoms with Crippen LogP contribution in [0.5, 0.6) is 0 Å². The first-order chi connectivity index (χ1) is 8.14. The summed E-state index contributed by atoms with van der Waals surface area (Å²) in [5.74, 6) is -0.309. The Kier molecular flexibility index (Phi) is 1.41. The number of epoxide rings is 3. The first kappa shape index (κ1) is 9.76. The second-order valence-corrected chi connectivity index (χ2v) is 7.08. The molecule has 5 rings (SSSR count). The van der Waals surface area contributed by atoms with Crippen molar-refractivity contribution in [2.24, 2.45) is 5.41 Å². The molecule has 2 saturated carbocycles. The van der Waals surface area contributed by atoms with Crippen LogP contribution in [0, 0.1) is 5.41 Å². The van der Waals surface area contributed by atoms with Crippen molar-refractivity contribution >= 4 is 0 Å².